The molecule has 1 aromatic rings. The molecular weight excluding hydrogens is 290 g/mol. The van der Waals surface area contributed by atoms with Gasteiger partial charge in [0, 0.05) is 32.9 Å². The van der Waals surface area contributed by atoms with Crippen molar-refractivity contribution in [2.75, 3.05) is 13.1 Å². The molecule has 0 unspecified atom stereocenters. The largest absolute Gasteiger partial charge is 0.486 e. The third-order valence-corrected chi connectivity index (χ3v) is 5.67. The highest BCUT2D eigenvalue weighted by Crippen LogP contribution is 2.41. The number of hydrogen-bond donors (Lipinski definition) is 0. The Kier molecular flexibility index (Phi) is 3.43. The monoisotopic (exact) mass is 313 g/mol. The molecule has 1 saturated heterocycles. The summed E-state index contributed by atoms with van der Waals surface area (Å²) in [5.41, 5.74) is 3.04. The number of ether oxygens (including phenoxy) is 1. The van der Waals surface area contributed by atoms with Gasteiger partial charge in [-0.25, -0.2) is 0 Å². The van der Waals surface area contributed by atoms with Gasteiger partial charge in [0.25, 0.3) is 0 Å². The van der Waals surface area contributed by atoms with Crippen LogP contribution in [0, 0.1) is 0 Å². The smallest absolute Gasteiger partial charge is 0.219 e. The highest BCUT2D eigenvalue weighted by atomic mass is 16.5. The van der Waals surface area contributed by atoms with Gasteiger partial charge in [-0.2, -0.15) is 0 Å². The summed E-state index contributed by atoms with van der Waals surface area (Å²) in [7, 11) is 0. The molecule has 2 aliphatic heterocycles. The number of carbonyl (C=O) groups is 2. The van der Waals surface area contributed by atoms with Crippen LogP contribution in [0.2, 0.25) is 0 Å². The number of nitrogens with zero attached hydrogens (tertiary/aromatic N) is 1. The number of Topliss-reactive ketones (excluding diaryl/α,β-unsaturated/α-hetero) is 1. The molecule has 2 heterocycles. The second-order valence-electron chi connectivity index (χ2n) is 7.22. The van der Waals surface area contributed by atoms with Crippen LogP contribution in [0.5, 0.6) is 5.75 Å². The molecule has 1 fully saturated rings. The summed E-state index contributed by atoms with van der Waals surface area (Å²) >= 11 is 0. The summed E-state index contributed by atoms with van der Waals surface area (Å²) in [5.74, 6) is 1.09. The fourth-order valence-corrected chi connectivity index (χ4v) is 4.23. The zero-order chi connectivity index (χ0) is 16.0. The molecule has 4 nitrogen and oxygen atoms in total. The molecule has 0 aromatic heterocycles. The SMILES string of the molecule is CC(=O)N1CCC2(CC1)CC(=O)c1cc3c(cc1O2)CCCC3. The molecule has 0 bridgehead atoms. The van der Waals surface area contributed by atoms with Crippen LogP contribution in [0.15, 0.2) is 12.1 Å². The first-order chi connectivity index (χ1) is 11.1. The van der Waals surface area contributed by atoms with Gasteiger partial charge in [0.1, 0.15) is 11.4 Å². The molecule has 4 rings (SSSR count). The van der Waals surface area contributed by atoms with Gasteiger partial charge in [-0.1, -0.05) is 0 Å². The Morgan fingerprint density at radius 1 is 1.13 bits per heavy atom. The van der Waals surface area contributed by atoms with Crippen LogP contribution in [0.3, 0.4) is 0 Å². The molecule has 1 amide bonds. The zero-order valence-electron chi connectivity index (χ0n) is 13.7. The number of ketones is 1. The van der Waals surface area contributed by atoms with Gasteiger partial charge in [0.15, 0.2) is 5.78 Å². The number of hydrogen-bond acceptors (Lipinski definition) is 3. The van der Waals surface area contributed by atoms with Crippen LogP contribution < -0.4 is 4.74 Å². The summed E-state index contributed by atoms with van der Waals surface area (Å²) < 4.78 is 6.37. The molecule has 1 spiro atoms. The van der Waals surface area contributed by atoms with Crippen molar-refractivity contribution in [3.05, 3.63) is 28.8 Å². The summed E-state index contributed by atoms with van der Waals surface area (Å²) in [5, 5.41) is 0. The lowest BCUT2D eigenvalue weighted by atomic mass is 9.80. The quantitative estimate of drug-likeness (QED) is 0.740. The number of rotatable bonds is 0. The number of carbonyl (C=O) groups excluding carboxylic acids is 2. The van der Waals surface area contributed by atoms with Crippen molar-refractivity contribution in [3.63, 3.8) is 0 Å². The molecule has 0 radical (unpaired) electrons. The molecule has 122 valence electrons. The molecule has 0 atom stereocenters. The van der Waals surface area contributed by atoms with Crippen LogP contribution in [0.1, 0.15) is 60.5 Å². The van der Waals surface area contributed by atoms with Gasteiger partial charge in [0.2, 0.25) is 5.91 Å². The van der Waals surface area contributed by atoms with Crippen molar-refractivity contribution < 1.29 is 14.3 Å². The average Bonchev–Trinajstić information content (AvgIpc) is 2.54. The highest BCUT2D eigenvalue weighted by Gasteiger charge is 2.43. The van der Waals surface area contributed by atoms with E-state index in [2.05, 4.69) is 12.1 Å². The van der Waals surface area contributed by atoms with Gasteiger partial charge in [-0.3, -0.25) is 9.59 Å². The lowest BCUT2D eigenvalue weighted by Crippen LogP contribution is -2.52. The van der Waals surface area contributed by atoms with E-state index in [9.17, 15) is 9.59 Å². The van der Waals surface area contributed by atoms with E-state index in [1.54, 1.807) is 6.92 Å². The Bertz CT molecular complexity index is 671. The van der Waals surface area contributed by atoms with E-state index in [1.165, 1.54) is 24.0 Å². The number of amides is 1. The van der Waals surface area contributed by atoms with Crippen molar-refractivity contribution in [1.29, 1.82) is 0 Å². The van der Waals surface area contributed by atoms with Crippen LogP contribution in [-0.2, 0) is 17.6 Å². The first-order valence-corrected chi connectivity index (χ1v) is 8.70. The standard InChI is InChI=1S/C19H23NO3/c1-13(21)20-8-6-19(7-9-20)12-17(22)16-10-14-4-2-3-5-15(14)11-18(16)23-19/h10-11H,2-9,12H2,1H3. The van der Waals surface area contributed by atoms with E-state index in [-0.39, 0.29) is 11.7 Å². The van der Waals surface area contributed by atoms with Crippen molar-refractivity contribution in [2.24, 2.45) is 0 Å². The van der Waals surface area contributed by atoms with Gasteiger partial charge in [0.05, 0.1) is 12.0 Å². The maximum Gasteiger partial charge on any atom is 0.219 e. The van der Waals surface area contributed by atoms with E-state index in [0.717, 1.165) is 37.0 Å². The molecule has 1 aromatic carbocycles. The number of likely N-dealkylation sites (tertiary alicyclic amines) is 1. The van der Waals surface area contributed by atoms with Crippen molar-refractivity contribution in [3.8, 4) is 5.75 Å². The minimum atomic E-state index is -0.404. The van der Waals surface area contributed by atoms with Crippen molar-refractivity contribution in [2.45, 2.75) is 57.5 Å². The average molecular weight is 313 g/mol. The topological polar surface area (TPSA) is 46.6 Å². The molecule has 0 saturated carbocycles. The third kappa shape index (κ3) is 2.54. The summed E-state index contributed by atoms with van der Waals surface area (Å²) in [4.78, 5) is 26.1. The zero-order valence-corrected chi connectivity index (χ0v) is 13.7. The summed E-state index contributed by atoms with van der Waals surface area (Å²) in [6.07, 6.45) is 6.54. The lowest BCUT2D eigenvalue weighted by Gasteiger charge is -2.44. The van der Waals surface area contributed by atoms with Gasteiger partial charge in [-0.05, 0) is 48.9 Å². The fourth-order valence-electron chi connectivity index (χ4n) is 4.23. The molecule has 0 N–H and O–H groups in total. The van der Waals surface area contributed by atoms with Crippen LogP contribution in [0.25, 0.3) is 0 Å². The molecule has 23 heavy (non-hydrogen) atoms. The lowest BCUT2D eigenvalue weighted by molar-refractivity contribution is -0.132. The minimum absolute atomic E-state index is 0.108. The number of benzene rings is 1. The van der Waals surface area contributed by atoms with E-state index in [4.69, 9.17) is 4.74 Å². The van der Waals surface area contributed by atoms with Gasteiger partial charge >= 0.3 is 0 Å². The van der Waals surface area contributed by atoms with E-state index in [1.807, 2.05) is 4.90 Å². The number of fused-ring (bicyclic) bond motifs is 2. The molecule has 4 heteroatoms. The van der Waals surface area contributed by atoms with Gasteiger partial charge in [-0.15, -0.1) is 0 Å². The Morgan fingerprint density at radius 3 is 2.43 bits per heavy atom. The number of aryl methyl sites for hydroxylation is 2. The van der Waals surface area contributed by atoms with Crippen LogP contribution in [0.4, 0.5) is 0 Å². The fraction of sp³-hybridized carbons (Fsp3) is 0.579. The predicted octanol–water partition coefficient (Wildman–Crippen LogP) is 2.91. The Morgan fingerprint density at radius 2 is 1.78 bits per heavy atom. The first-order valence-electron chi connectivity index (χ1n) is 8.70. The van der Waals surface area contributed by atoms with Gasteiger partial charge < -0.3 is 9.64 Å². The maximum atomic E-state index is 12.7. The molecule has 3 aliphatic rings. The van der Waals surface area contributed by atoms with E-state index >= 15 is 0 Å². The third-order valence-electron chi connectivity index (χ3n) is 5.67. The molecule has 1 aliphatic carbocycles. The minimum Gasteiger partial charge on any atom is -0.486 e. The van der Waals surface area contributed by atoms with E-state index in [0.29, 0.717) is 19.5 Å². The highest BCUT2D eigenvalue weighted by molar-refractivity contribution is 6.00. The van der Waals surface area contributed by atoms with Crippen molar-refractivity contribution in [1.82, 2.24) is 4.90 Å². The van der Waals surface area contributed by atoms with Crippen LogP contribution in [-0.4, -0.2) is 35.3 Å². The Balaban J connectivity index is 1.62. The predicted molar refractivity (Wildman–Crippen MR) is 86.9 cm³/mol. The normalized spacial score (nSPS) is 22.3. The van der Waals surface area contributed by atoms with Crippen LogP contribution >= 0.6 is 0 Å². The molecular formula is C19H23NO3. The second kappa shape index (κ2) is 5.36. The number of piperidine rings is 1. The summed E-state index contributed by atoms with van der Waals surface area (Å²) in [6.45, 7) is 2.97. The van der Waals surface area contributed by atoms with Crippen molar-refractivity contribution >= 4 is 11.7 Å². The second-order valence-corrected chi connectivity index (χ2v) is 7.22. The first kappa shape index (κ1) is 14.7. The van der Waals surface area contributed by atoms with E-state index < -0.39 is 5.60 Å². The maximum absolute atomic E-state index is 12.7. The summed E-state index contributed by atoms with van der Waals surface area (Å²) in [6, 6.07) is 4.18. The Labute approximate surface area is 136 Å². The Hall–Kier alpha value is -1.84.